The van der Waals surface area contributed by atoms with E-state index in [0.717, 1.165) is 60.0 Å². The molecule has 0 saturated carbocycles. The molecular formula is C25H27N5O2. The highest BCUT2D eigenvalue weighted by Gasteiger charge is 2.18. The lowest BCUT2D eigenvalue weighted by atomic mass is 10.1. The fourth-order valence-electron chi connectivity index (χ4n) is 4.15. The van der Waals surface area contributed by atoms with Gasteiger partial charge in [0.15, 0.2) is 5.65 Å². The van der Waals surface area contributed by atoms with Crippen LogP contribution < -0.4 is 10.2 Å². The van der Waals surface area contributed by atoms with Crippen molar-refractivity contribution in [3.8, 4) is 16.8 Å². The summed E-state index contributed by atoms with van der Waals surface area (Å²) < 4.78 is 12.8. The minimum atomic E-state index is 0.607. The molecule has 0 atom stereocenters. The topological polar surface area (TPSA) is 64.4 Å². The van der Waals surface area contributed by atoms with Crippen LogP contribution in [0.25, 0.3) is 27.8 Å². The van der Waals surface area contributed by atoms with Crippen molar-refractivity contribution < 1.29 is 9.47 Å². The van der Waals surface area contributed by atoms with E-state index in [0.29, 0.717) is 13.2 Å². The quantitative estimate of drug-likeness (QED) is 0.448. The molecular weight excluding hydrogens is 402 g/mol. The van der Waals surface area contributed by atoms with Crippen LogP contribution in [0.3, 0.4) is 0 Å². The van der Waals surface area contributed by atoms with Crippen LogP contribution in [0, 0.1) is 0 Å². The molecule has 1 aliphatic rings. The normalized spacial score (nSPS) is 14.1. The predicted molar refractivity (Wildman–Crippen MR) is 128 cm³/mol. The van der Waals surface area contributed by atoms with Crippen LogP contribution >= 0.6 is 0 Å². The molecule has 7 heteroatoms. The van der Waals surface area contributed by atoms with Crippen molar-refractivity contribution in [3.05, 3.63) is 67.1 Å². The molecule has 1 fully saturated rings. The highest BCUT2D eigenvalue weighted by Crippen LogP contribution is 2.35. The minimum Gasteiger partial charge on any atom is -0.383 e. The average molecular weight is 430 g/mol. The molecule has 2 aromatic carbocycles. The summed E-state index contributed by atoms with van der Waals surface area (Å²) in [5.41, 5.74) is 5.38. The van der Waals surface area contributed by atoms with Crippen LogP contribution in [-0.2, 0) is 9.47 Å². The summed E-state index contributed by atoms with van der Waals surface area (Å²) in [7, 11) is 1.70. The van der Waals surface area contributed by atoms with Crippen molar-refractivity contribution in [2.24, 2.45) is 0 Å². The number of hydrogen-bond acceptors (Lipinski definition) is 6. The van der Waals surface area contributed by atoms with Crippen LogP contribution in [0.4, 0.5) is 11.5 Å². The molecule has 0 radical (unpaired) electrons. The Morgan fingerprint density at radius 2 is 1.72 bits per heavy atom. The molecule has 2 aromatic heterocycles. The van der Waals surface area contributed by atoms with Crippen molar-refractivity contribution in [1.82, 2.24) is 14.5 Å². The maximum Gasteiger partial charge on any atom is 0.150 e. The van der Waals surface area contributed by atoms with Gasteiger partial charge in [-0.1, -0.05) is 30.3 Å². The molecule has 3 heterocycles. The number of fused-ring (bicyclic) bond motifs is 1. The maximum absolute atomic E-state index is 5.48. The van der Waals surface area contributed by atoms with Crippen molar-refractivity contribution in [3.63, 3.8) is 0 Å². The number of ether oxygens (including phenoxy) is 2. The number of nitrogens with zero attached hydrogens (tertiary/aromatic N) is 4. The summed E-state index contributed by atoms with van der Waals surface area (Å²) in [6.45, 7) is 4.69. The van der Waals surface area contributed by atoms with Gasteiger partial charge in [-0.05, 0) is 29.8 Å². The fourth-order valence-corrected chi connectivity index (χ4v) is 4.15. The lowest BCUT2D eigenvalue weighted by Crippen LogP contribution is -2.36. The average Bonchev–Trinajstić information content (AvgIpc) is 3.26. The van der Waals surface area contributed by atoms with Crippen molar-refractivity contribution in [2.45, 2.75) is 0 Å². The van der Waals surface area contributed by atoms with Gasteiger partial charge in [-0.25, -0.2) is 9.97 Å². The second kappa shape index (κ2) is 9.38. The lowest BCUT2D eigenvalue weighted by molar-refractivity contribution is 0.122. The first kappa shape index (κ1) is 20.5. The van der Waals surface area contributed by atoms with Gasteiger partial charge in [-0.2, -0.15) is 0 Å². The number of nitrogens with one attached hydrogen (secondary N) is 1. The lowest BCUT2D eigenvalue weighted by Gasteiger charge is -2.28. The van der Waals surface area contributed by atoms with Gasteiger partial charge < -0.3 is 24.3 Å². The molecule has 5 rings (SSSR count). The van der Waals surface area contributed by atoms with E-state index in [-0.39, 0.29) is 0 Å². The second-order valence-electron chi connectivity index (χ2n) is 7.74. The summed E-state index contributed by atoms with van der Waals surface area (Å²) in [5, 5.41) is 4.41. The van der Waals surface area contributed by atoms with Crippen LogP contribution in [0.2, 0.25) is 0 Å². The Hall–Kier alpha value is -3.42. The Morgan fingerprint density at radius 1 is 0.969 bits per heavy atom. The van der Waals surface area contributed by atoms with Gasteiger partial charge in [0.05, 0.1) is 25.2 Å². The van der Waals surface area contributed by atoms with E-state index in [1.807, 2.05) is 6.07 Å². The molecule has 1 N–H and O–H groups in total. The van der Waals surface area contributed by atoms with Gasteiger partial charge in [0, 0.05) is 49.9 Å². The zero-order valence-corrected chi connectivity index (χ0v) is 18.2. The molecule has 4 aromatic rings. The van der Waals surface area contributed by atoms with Gasteiger partial charge in [-0.3, -0.25) is 0 Å². The zero-order chi connectivity index (χ0) is 21.8. The molecule has 7 nitrogen and oxygen atoms in total. The van der Waals surface area contributed by atoms with Gasteiger partial charge in [-0.15, -0.1) is 0 Å². The summed E-state index contributed by atoms with van der Waals surface area (Å²) in [4.78, 5) is 11.6. The van der Waals surface area contributed by atoms with Gasteiger partial charge >= 0.3 is 0 Å². The molecule has 0 bridgehead atoms. The van der Waals surface area contributed by atoms with Gasteiger partial charge in [0.1, 0.15) is 12.1 Å². The first-order valence-electron chi connectivity index (χ1n) is 10.9. The summed E-state index contributed by atoms with van der Waals surface area (Å²) in [6.07, 6.45) is 3.77. The Labute approximate surface area is 187 Å². The molecule has 0 unspecified atom stereocenters. The molecule has 1 aliphatic heterocycles. The van der Waals surface area contributed by atoms with E-state index in [2.05, 4.69) is 79.5 Å². The summed E-state index contributed by atoms with van der Waals surface area (Å²) in [6, 6.07) is 19.0. The number of hydrogen-bond donors (Lipinski definition) is 1. The molecule has 1 saturated heterocycles. The third-order valence-electron chi connectivity index (χ3n) is 5.77. The minimum absolute atomic E-state index is 0.607. The first-order valence-corrected chi connectivity index (χ1v) is 10.9. The molecule has 164 valence electrons. The fraction of sp³-hybridized carbons (Fsp3) is 0.280. The molecule has 0 aliphatic carbocycles. The number of morpholine rings is 1. The molecule has 32 heavy (non-hydrogen) atoms. The number of benzene rings is 2. The Bertz CT molecular complexity index is 1170. The van der Waals surface area contributed by atoms with E-state index in [9.17, 15) is 0 Å². The van der Waals surface area contributed by atoms with E-state index in [4.69, 9.17) is 9.47 Å². The van der Waals surface area contributed by atoms with E-state index >= 15 is 0 Å². The maximum atomic E-state index is 5.48. The van der Waals surface area contributed by atoms with Gasteiger partial charge in [0.2, 0.25) is 0 Å². The number of methoxy groups -OCH3 is 1. The standard InChI is InChI=1S/C25H27N5O2/c1-31-14-11-26-24-23-22(19-5-3-2-4-6-19)17-30(25(23)28-18-27-24)21-9-7-20(8-10-21)29-12-15-32-16-13-29/h2-10,17-18H,11-16H2,1H3,(H,26,27,28). The smallest absolute Gasteiger partial charge is 0.150 e. The first-order chi connectivity index (χ1) is 15.8. The highest BCUT2D eigenvalue weighted by atomic mass is 16.5. The van der Waals surface area contributed by atoms with Crippen molar-refractivity contribution >= 4 is 22.5 Å². The summed E-state index contributed by atoms with van der Waals surface area (Å²) >= 11 is 0. The molecule has 0 amide bonds. The number of rotatable bonds is 7. The zero-order valence-electron chi connectivity index (χ0n) is 18.2. The predicted octanol–water partition coefficient (Wildman–Crippen LogP) is 3.98. The Morgan fingerprint density at radius 3 is 2.47 bits per heavy atom. The number of anilines is 2. The monoisotopic (exact) mass is 429 g/mol. The SMILES string of the molecule is COCCNc1ncnc2c1c(-c1ccccc1)cn2-c1ccc(N2CCOCC2)cc1. The Balaban J connectivity index is 1.58. The van der Waals surface area contributed by atoms with E-state index < -0.39 is 0 Å². The molecule has 0 spiro atoms. The Kier molecular flexibility index (Phi) is 6.00. The van der Waals surface area contributed by atoms with E-state index in [1.165, 1.54) is 5.69 Å². The largest absolute Gasteiger partial charge is 0.383 e. The second-order valence-corrected chi connectivity index (χ2v) is 7.74. The third kappa shape index (κ3) is 4.04. The van der Waals surface area contributed by atoms with Crippen LogP contribution in [0.15, 0.2) is 67.1 Å². The van der Waals surface area contributed by atoms with Crippen LogP contribution in [-0.4, -0.2) is 61.1 Å². The summed E-state index contributed by atoms with van der Waals surface area (Å²) in [5.74, 6) is 0.814. The number of aromatic nitrogens is 3. The highest BCUT2D eigenvalue weighted by molar-refractivity contribution is 6.02. The van der Waals surface area contributed by atoms with Crippen LogP contribution in [0.5, 0.6) is 0 Å². The third-order valence-corrected chi connectivity index (χ3v) is 5.77. The van der Waals surface area contributed by atoms with Crippen molar-refractivity contribution in [1.29, 1.82) is 0 Å². The van der Waals surface area contributed by atoms with E-state index in [1.54, 1.807) is 13.4 Å². The van der Waals surface area contributed by atoms with Crippen LogP contribution in [0.1, 0.15) is 0 Å². The van der Waals surface area contributed by atoms with Gasteiger partial charge in [0.25, 0.3) is 0 Å². The van der Waals surface area contributed by atoms with Crippen molar-refractivity contribution in [2.75, 3.05) is 56.8 Å².